The zero-order valence-electron chi connectivity index (χ0n) is 24.9. The number of aromatic nitrogens is 1. The third-order valence-corrected chi connectivity index (χ3v) is 8.17. The Kier molecular flexibility index (Phi) is 10.0. The Balaban J connectivity index is 1.35. The highest BCUT2D eigenvalue weighted by atomic mass is 35.5. The van der Waals surface area contributed by atoms with Gasteiger partial charge in [0.05, 0.1) is 10.6 Å². The van der Waals surface area contributed by atoms with Crippen molar-refractivity contribution in [1.29, 1.82) is 5.26 Å². The number of aliphatic carboxylic acids is 1. The topological polar surface area (TPSA) is 108 Å². The van der Waals surface area contributed by atoms with Gasteiger partial charge in [0.2, 0.25) is 0 Å². The van der Waals surface area contributed by atoms with E-state index in [1.807, 2.05) is 6.07 Å². The van der Waals surface area contributed by atoms with Gasteiger partial charge >= 0.3 is 5.97 Å². The van der Waals surface area contributed by atoms with Crippen LogP contribution >= 0.6 is 11.6 Å². The van der Waals surface area contributed by atoms with Gasteiger partial charge in [-0.2, -0.15) is 5.26 Å². The summed E-state index contributed by atoms with van der Waals surface area (Å²) in [5, 5.41) is 21.9. The molecule has 1 aliphatic rings. The number of nitrogens with zero attached hydrogens (tertiary/aromatic N) is 3. The van der Waals surface area contributed by atoms with Gasteiger partial charge < -0.3 is 24.8 Å². The molecule has 2 N–H and O–H groups in total. The fourth-order valence-electron chi connectivity index (χ4n) is 5.47. The van der Waals surface area contributed by atoms with E-state index in [0.29, 0.717) is 48.2 Å². The van der Waals surface area contributed by atoms with Gasteiger partial charge in [0.15, 0.2) is 0 Å². The first-order valence-electron chi connectivity index (χ1n) is 14.6. The lowest BCUT2D eigenvalue weighted by Gasteiger charge is -2.18. The molecule has 0 radical (unpaired) electrons. The Morgan fingerprint density at radius 3 is 2.68 bits per heavy atom. The number of pyridine rings is 1. The van der Waals surface area contributed by atoms with E-state index >= 15 is 0 Å². The van der Waals surface area contributed by atoms with Crippen molar-refractivity contribution in [3.8, 4) is 28.7 Å². The van der Waals surface area contributed by atoms with Crippen molar-refractivity contribution in [2.24, 2.45) is 0 Å². The van der Waals surface area contributed by atoms with Gasteiger partial charge in [-0.25, -0.2) is 0 Å². The number of carbonyl (C=O) groups is 1. The molecule has 3 aromatic carbocycles. The maximum absolute atomic E-state index is 10.9. The van der Waals surface area contributed by atoms with E-state index in [2.05, 4.69) is 71.6 Å². The molecule has 8 nitrogen and oxygen atoms in total. The molecule has 2 heterocycles. The quantitative estimate of drug-likeness (QED) is 0.161. The van der Waals surface area contributed by atoms with Crippen molar-refractivity contribution in [2.75, 3.05) is 25.0 Å². The summed E-state index contributed by atoms with van der Waals surface area (Å²) in [6.07, 6.45) is 4.79. The largest absolute Gasteiger partial charge is 0.488 e. The molecule has 0 amide bonds. The van der Waals surface area contributed by atoms with Crippen LogP contribution in [0.25, 0.3) is 11.1 Å². The average Bonchev–Trinajstić information content (AvgIpc) is 3.41. The number of nitriles is 1. The third kappa shape index (κ3) is 7.31. The van der Waals surface area contributed by atoms with Gasteiger partial charge in [-0.1, -0.05) is 41.9 Å². The lowest BCUT2D eigenvalue weighted by atomic mass is 9.92. The number of ether oxygens (including phenoxy) is 2. The van der Waals surface area contributed by atoms with Gasteiger partial charge in [0, 0.05) is 61.8 Å². The standard InChI is InChI=1S/C35H35ClN4O4/c1-23-26(6-3-7-28(23)29-8-4-9-32-30(29)11-13-40(32)2)22-44-34-16-33(43-21-25-14-24(17-37)18-39-19-25)27(15-31(34)36)20-38-12-5-10-35(41)42/h3-4,6-9,14-16,18-19,38H,5,10-13,20-22H2,1-2H3,(H,41,42). The Morgan fingerprint density at radius 1 is 1.07 bits per heavy atom. The number of carboxylic acid groups (broad SMARTS) is 1. The highest BCUT2D eigenvalue weighted by molar-refractivity contribution is 6.32. The van der Waals surface area contributed by atoms with Crippen LogP contribution in [0.2, 0.25) is 5.02 Å². The summed E-state index contributed by atoms with van der Waals surface area (Å²) >= 11 is 6.71. The van der Waals surface area contributed by atoms with Crippen molar-refractivity contribution in [3.63, 3.8) is 0 Å². The molecule has 226 valence electrons. The molecule has 0 saturated heterocycles. The van der Waals surface area contributed by atoms with E-state index < -0.39 is 5.97 Å². The Bertz CT molecular complexity index is 1700. The van der Waals surface area contributed by atoms with Gasteiger partial charge in [-0.15, -0.1) is 0 Å². The molecule has 0 saturated carbocycles. The first-order chi connectivity index (χ1) is 21.3. The Labute approximate surface area is 262 Å². The molecule has 9 heteroatoms. The second kappa shape index (κ2) is 14.3. The molecule has 1 aliphatic heterocycles. The molecular formula is C35H35ClN4O4. The number of anilines is 1. The lowest BCUT2D eigenvalue weighted by molar-refractivity contribution is -0.137. The van der Waals surface area contributed by atoms with Gasteiger partial charge in [-0.3, -0.25) is 9.78 Å². The number of rotatable bonds is 13. The molecule has 0 aliphatic carbocycles. The SMILES string of the molecule is Cc1c(COc2cc(OCc3cncc(C#N)c3)c(CNCCCC(=O)O)cc2Cl)cccc1-c1cccc2c1CCN2C. The summed E-state index contributed by atoms with van der Waals surface area (Å²) in [4.78, 5) is 17.3. The maximum atomic E-state index is 10.9. The summed E-state index contributed by atoms with van der Waals surface area (Å²) in [5.41, 5.74) is 9.37. The van der Waals surface area contributed by atoms with Crippen LogP contribution in [0.4, 0.5) is 5.69 Å². The van der Waals surface area contributed by atoms with E-state index in [1.165, 1.54) is 28.6 Å². The number of halogens is 1. The summed E-state index contributed by atoms with van der Waals surface area (Å²) < 4.78 is 12.5. The van der Waals surface area contributed by atoms with Crippen molar-refractivity contribution in [1.82, 2.24) is 10.3 Å². The smallest absolute Gasteiger partial charge is 0.303 e. The minimum atomic E-state index is -0.824. The molecule has 44 heavy (non-hydrogen) atoms. The maximum Gasteiger partial charge on any atom is 0.303 e. The summed E-state index contributed by atoms with van der Waals surface area (Å²) in [6, 6.07) is 20.2. The molecular weight excluding hydrogens is 576 g/mol. The molecule has 5 rings (SSSR count). The van der Waals surface area contributed by atoms with Crippen LogP contribution in [0, 0.1) is 18.3 Å². The van der Waals surface area contributed by atoms with Crippen LogP contribution in [0.15, 0.2) is 67.0 Å². The number of hydrogen-bond donors (Lipinski definition) is 2. The number of hydrogen-bond acceptors (Lipinski definition) is 7. The average molecular weight is 611 g/mol. The number of fused-ring (bicyclic) bond motifs is 1. The van der Waals surface area contributed by atoms with Crippen molar-refractivity contribution in [2.45, 2.75) is 45.9 Å². The molecule has 0 unspecified atom stereocenters. The predicted octanol–water partition coefficient (Wildman–Crippen LogP) is 6.69. The molecule has 0 atom stereocenters. The van der Waals surface area contributed by atoms with Crippen LogP contribution in [0.5, 0.6) is 11.5 Å². The Hall–Kier alpha value is -4.58. The summed E-state index contributed by atoms with van der Waals surface area (Å²) in [5.74, 6) is 0.244. The normalized spacial score (nSPS) is 12.1. The van der Waals surface area contributed by atoms with E-state index in [9.17, 15) is 10.1 Å². The molecule has 0 spiro atoms. The Morgan fingerprint density at radius 2 is 1.86 bits per heavy atom. The fourth-order valence-corrected chi connectivity index (χ4v) is 5.71. The van der Waals surface area contributed by atoms with Crippen LogP contribution in [0.1, 0.15) is 46.2 Å². The van der Waals surface area contributed by atoms with E-state index in [4.69, 9.17) is 26.2 Å². The number of benzene rings is 3. The predicted molar refractivity (Wildman–Crippen MR) is 171 cm³/mol. The summed E-state index contributed by atoms with van der Waals surface area (Å²) in [6.45, 7) is 4.65. The van der Waals surface area contributed by atoms with Gasteiger partial charge in [0.1, 0.15) is 30.8 Å². The minimum absolute atomic E-state index is 0.0938. The molecule has 1 aromatic heterocycles. The monoisotopic (exact) mass is 610 g/mol. The lowest BCUT2D eigenvalue weighted by Crippen LogP contribution is -2.16. The second-order valence-electron chi connectivity index (χ2n) is 10.9. The van der Waals surface area contributed by atoms with E-state index in [-0.39, 0.29) is 13.0 Å². The zero-order chi connectivity index (χ0) is 31.1. The van der Waals surface area contributed by atoms with Crippen LogP contribution in [-0.2, 0) is 31.0 Å². The zero-order valence-corrected chi connectivity index (χ0v) is 25.7. The van der Waals surface area contributed by atoms with E-state index in [0.717, 1.165) is 35.2 Å². The van der Waals surface area contributed by atoms with Crippen LogP contribution in [-0.4, -0.2) is 36.2 Å². The highest BCUT2D eigenvalue weighted by Crippen LogP contribution is 2.38. The molecule has 0 bridgehead atoms. The minimum Gasteiger partial charge on any atom is -0.488 e. The van der Waals surface area contributed by atoms with Crippen molar-refractivity contribution < 1.29 is 19.4 Å². The first kappa shape index (κ1) is 30.9. The highest BCUT2D eigenvalue weighted by Gasteiger charge is 2.21. The number of likely N-dealkylation sites (N-methyl/N-ethyl adjacent to an activating group) is 1. The van der Waals surface area contributed by atoms with Crippen LogP contribution in [0.3, 0.4) is 0 Å². The molecule has 4 aromatic rings. The summed E-state index contributed by atoms with van der Waals surface area (Å²) in [7, 11) is 2.13. The van der Waals surface area contributed by atoms with E-state index in [1.54, 1.807) is 18.3 Å². The first-order valence-corrected chi connectivity index (χ1v) is 15.0. The van der Waals surface area contributed by atoms with Gasteiger partial charge in [-0.05, 0) is 72.3 Å². The van der Waals surface area contributed by atoms with Crippen molar-refractivity contribution in [3.05, 3.63) is 105 Å². The van der Waals surface area contributed by atoms with Crippen LogP contribution < -0.4 is 19.7 Å². The molecule has 0 fully saturated rings. The second-order valence-corrected chi connectivity index (χ2v) is 11.3. The fraction of sp³-hybridized carbons (Fsp3) is 0.286. The van der Waals surface area contributed by atoms with Gasteiger partial charge in [0.25, 0.3) is 0 Å². The van der Waals surface area contributed by atoms with Crippen molar-refractivity contribution >= 4 is 23.3 Å². The number of carboxylic acids is 1. The number of nitrogens with one attached hydrogen (secondary N) is 1. The third-order valence-electron chi connectivity index (χ3n) is 7.87.